The van der Waals surface area contributed by atoms with Crippen molar-refractivity contribution in [2.24, 2.45) is 0 Å². The van der Waals surface area contributed by atoms with Crippen LogP contribution in [-0.4, -0.2) is 25.3 Å². The lowest BCUT2D eigenvalue weighted by molar-refractivity contribution is 0.0996. The molecule has 0 unspecified atom stereocenters. The lowest BCUT2D eigenvalue weighted by Crippen LogP contribution is -2.28. The van der Waals surface area contributed by atoms with Crippen LogP contribution in [0.3, 0.4) is 0 Å². The van der Waals surface area contributed by atoms with E-state index in [0.717, 1.165) is 0 Å². The minimum absolute atomic E-state index is 0.392. The van der Waals surface area contributed by atoms with Crippen molar-refractivity contribution in [3.63, 3.8) is 0 Å². The topological polar surface area (TPSA) is 83.5 Å². The fourth-order valence-corrected chi connectivity index (χ4v) is 1.20. The van der Waals surface area contributed by atoms with Gasteiger partial charge in [0, 0.05) is 5.56 Å². The average Bonchev–Trinajstić information content (AvgIpc) is 2.14. The van der Waals surface area contributed by atoms with Gasteiger partial charge >= 0.3 is 10.3 Å². The molecule has 0 heterocycles. The highest BCUT2D eigenvalue weighted by atomic mass is 32.2. The maximum atomic E-state index is 11.3. The third kappa shape index (κ3) is 3.65. The zero-order valence-electron chi connectivity index (χ0n) is 7.17. The van der Waals surface area contributed by atoms with E-state index in [0.29, 0.717) is 5.56 Å². The summed E-state index contributed by atoms with van der Waals surface area (Å²) in [5, 5.41) is 0. The molecule has 0 bridgehead atoms. The summed E-state index contributed by atoms with van der Waals surface area (Å²) in [4.78, 5) is 11.3. The standard InChI is InChI=1S/C8H9NO4S/c10-8(6-9-14(11,12)13)7-4-2-1-3-5-7/h1-5,9H,6H2,(H,11,12,13). The van der Waals surface area contributed by atoms with Gasteiger partial charge in [-0.3, -0.25) is 9.35 Å². The summed E-state index contributed by atoms with van der Waals surface area (Å²) in [5.74, 6) is -0.400. The summed E-state index contributed by atoms with van der Waals surface area (Å²) in [6.45, 7) is -0.442. The zero-order chi connectivity index (χ0) is 10.6. The van der Waals surface area contributed by atoms with Crippen molar-refractivity contribution in [2.45, 2.75) is 0 Å². The van der Waals surface area contributed by atoms with E-state index >= 15 is 0 Å². The van der Waals surface area contributed by atoms with E-state index < -0.39 is 22.6 Å². The normalized spacial score (nSPS) is 11.2. The van der Waals surface area contributed by atoms with E-state index in [1.165, 1.54) is 0 Å². The van der Waals surface area contributed by atoms with Gasteiger partial charge in [-0.1, -0.05) is 30.3 Å². The first-order chi connectivity index (χ1) is 6.49. The SMILES string of the molecule is O=C(CNS(=O)(=O)O)c1ccccc1. The predicted molar refractivity (Wildman–Crippen MR) is 50.3 cm³/mol. The number of carbonyl (C=O) groups is 1. The van der Waals surface area contributed by atoms with Crippen molar-refractivity contribution in [3.8, 4) is 0 Å². The largest absolute Gasteiger partial charge is 0.333 e. The summed E-state index contributed by atoms with van der Waals surface area (Å²) in [6.07, 6.45) is 0. The number of benzene rings is 1. The van der Waals surface area contributed by atoms with Crippen molar-refractivity contribution in [3.05, 3.63) is 35.9 Å². The minimum atomic E-state index is -4.30. The highest BCUT2D eigenvalue weighted by Crippen LogP contribution is 1.98. The van der Waals surface area contributed by atoms with E-state index in [1.807, 2.05) is 0 Å². The van der Waals surface area contributed by atoms with Gasteiger partial charge in [-0.2, -0.15) is 13.1 Å². The molecule has 0 saturated heterocycles. The lowest BCUT2D eigenvalue weighted by atomic mass is 10.1. The van der Waals surface area contributed by atoms with Crippen LogP contribution in [0.1, 0.15) is 10.4 Å². The fraction of sp³-hybridized carbons (Fsp3) is 0.125. The van der Waals surface area contributed by atoms with Crippen LogP contribution in [0.5, 0.6) is 0 Å². The maximum absolute atomic E-state index is 11.3. The van der Waals surface area contributed by atoms with Crippen molar-refractivity contribution in [1.82, 2.24) is 4.72 Å². The van der Waals surface area contributed by atoms with Gasteiger partial charge in [-0.15, -0.1) is 0 Å². The molecule has 14 heavy (non-hydrogen) atoms. The molecule has 1 aromatic carbocycles. The predicted octanol–water partition coefficient (Wildman–Crippen LogP) is 0.262. The molecule has 1 aromatic rings. The van der Waals surface area contributed by atoms with Gasteiger partial charge in [0.1, 0.15) is 0 Å². The van der Waals surface area contributed by atoms with Gasteiger partial charge in [-0.05, 0) is 0 Å². The molecule has 0 amide bonds. The third-order valence-electron chi connectivity index (χ3n) is 1.51. The van der Waals surface area contributed by atoms with Crippen molar-refractivity contribution < 1.29 is 17.8 Å². The Morgan fingerprint density at radius 1 is 1.29 bits per heavy atom. The minimum Gasteiger partial charge on any atom is -0.293 e. The zero-order valence-corrected chi connectivity index (χ0v) is 7.99. The molecule has 0 spiro atoms. The van der Waals surface area contributed by atoms with Crippen molar-refractivity contribution in [1.29, 1.82) is 0 Å². The summed E-state index contributed by atoms with van der Waals surface area (Å²) in [5.41, 5.74) is 0.392. The molecular weight excluding hydrogens is 206 g/mol. The molecule has 0 aliphatic rings. The Morgan fingerprint density at radius 2 is 1.86 bits per heavy atom. The van der Waals surface area contributed by atoms with E-state index in [-0.39, 0.29) is 0 Å². The highest BCUT2D eigenvalue weighted by molar-refractivity contribution is 7.83. The number of Topliss-reactive ketones (excluding diaryl/α,β-unsaturated/α-hetero) is 1. The molecule has 0 aliphatic carbocycles. The van der Waals surface area contributed by atoms with Gasteiger partial charge in [0.2, 0.25) is 0 Å². The molecule has 1 rings (SSSR count). The molecule has 0 saturated carbocycles. The van der Waals surface area contributed by atoms with Crippen LogP contribution in [0.25, 0.3) is 0 Å². The van der Waals surface area contributed by atoms with Crippen molar-refractivity contribution >= 4 is 16.1 Å². The second-order valence-corrected chi connectivity index (χ2v) is 3.82. The van der Waals surface area contributed by atoms with Gasteiger partial charge in [0.25, 0.3) is 0 Å². The molecule has 6 heteroatoms. The fourth-order valence-electron chi connectivity index (χ4n) is 0.883. The molecule has 0 radical (unpaired) electrons. The van der Waals surface area contributed by atoms with Crippen LogP contribution in [0.2, 0.25) is 0 Å². The van der Waals surface area contributed by atoms with Crippen molar-refractivity contribution in [2.75, 3.05) is 6.54 Å². The Balaban J connectivity index is 2.61. The van der Waals surface area contributed by atoms with Gasteiger partial charge < -0.3 is 0 Å². The molecule has 0 atom stereocenters. The molecule has 0 fully saturated rings. The van der Waals surface area contributed by atoms with Crippen LogP contribution in [0.4, 0.5) is 0 Å². The highest BCUT2D eigenvalue weighted by Gasteiger charge is 2.08. The Morgan fingerprint density at radius 3 is 2.36 bits per heavy atom. The smallest absolute Gasteiger partial charge is 0.293 e. The molecule has 5 nitrogen and oxygen atoms in total. The van der Waals surface area contributed by atoms with E-state index in [4.69, 9.17) is 4.55 Å². The lowest BCUT2D eigenvalue weighted by Gasteiger charge is -2.00. The first kappa shape index (κ1) is 10.8. The Bertz CT molecular complexity index is 412. The maximum Gasteiger partial charge on any atom is 0.333 e. The number of nitrogens with one attached hydrogen (secondary N) is 1. The van der Waals surface area contributed by atoms with Crippen LogP contribution >= 0.6 is 0 Å². The molecule has 0 aromatic heterocycles. The number of carbonyl (C=O) groups excluding carboxylic acids is 1. The second kappa shape index (κ2) is 4.32. The van der Waals surface area contributed by atoms with Crippen LogP contribution < -0.4 is 4.72 Å². The van der Waals surface area contributed by atoms with Crippen LogP contribution in [-0.2, 0) is 10.3 Å². The van der Waals surface area contributed by atoms with E-state index in [2.05, 4.69) is 0 Å². The Kier molecular flexibility index (Phi) is 3.34. The molecule has 2 N–H and O–H groups in total. The van der Waals surface area contributed by atoms with Gasteiger partial charge in [0.05, 0.1) is 6.54 Å². The summed E-state index contributed by atoms with van der Waals surface area (Å²) < 4.78 is 30.5. The molecule has 0 aliphatic heterocycles. The van der Waals surface area contributed by atoms with Crippen LogP contribution in [0.15, 0.2) is 30.3 Å². The first-order valence-electron chi connectivity index (χ1n) is 3.79. The summed E-state index contributed by atoms with van der Waals surface area (Å²) in [6, 6.07) is 8.20. The monoisotopic (exact) mass is 215 g/mol. The summed E-state index contributed by atoms with van der Waals surface area (Å²) >= 11 is 0. The third-order valence-corrected chi connectivity index (χ3v) is 2.02. The number of ketones is 1. The number of hydrogen-bond donors (Lipinski definition) is 2. The second-order valence-electron chi connectivity index (χ2n) is 2.59. The average molecular weight is 215 g/mol. The molecular formula is C8H9NO4S. The number of hydrogen-bond acceptors (Lipinski definition) is 3. The number of rotatable bonds is 4. The molecule has 76 valence electrons. The Hall–Kier alpha value is -1.24. The quantitative estimate of drug-likeness (QED) is 0.557. The van der Waals surface area contributed by atoms with Gasteiger partial charge in [0.15, 0.2) is 5.78 Å². The summed E-state index contributed by atoms with van der Waals surface area (Å²) in [7, 11) is -4.30. The van der Waals surface area contributed by atoms with Crippen LogP contribution in [0, 0.1) is 0 Å². The van der Waals surface area contributed by atoms with E-state index in [9.17, 15) is 13.2 Å². The first-order valence-corrected chi connectivity index (χ1v) is 5.23. The van der Waals surface area contributed by atoms with E-state index in [1.54, 1.807) is 35.1 Å². The Labute approximate surface area is 81.6 Å². The van der Waals surface area contributed by atoms with Gasteiger partial charge in [-0.25, -0.2) is 0 Å².